The number of rotatable bonds is 6. The maximum atomic E-state index is 12.9. The average molecular weight is 370 g/mol. The van der Waals surface area contributed by atoms with Crippen molar-refractivity contribution in [3.05, 3.63) is 53.7 Å². The Morgan fingerprint density at radius 1 is 1.30 bits per heavy atom. The average Bonchev–Trinajstić information content (AvgIpc) is 3.13. The second-order valence-electron chi connectivity index (χ2n) is 7.08. The van der Waals surface area contributed by atoms with Crippen molar-refractivity contribution in [1.29, 1.82) is 0 Å². The first-order valence-electron chi connectivity index (χ1n) is 9.46. The van der Waals surface area contributed by atoms with Crippen LogP contribution in [0.1, 0.15) is 48.0 Å². The van der Waals surface area contributed by atoms with E-state index in [9.17, 15) is 9.59 Å². The van der Waals surface area contributed by atoms with E-state index in [4.69, 9.17) is 9.15 Å². The number of hydrogen-bond acceptors (Lipinski definition) is 5. The molecule has 0 spiro atoms. The van der Waals surface area contributed by atoms with Gasteiger partial charge in [0.2, 0.25) is 5.76 Å². The standard InChI is InChI=1S/C21H26N2O4/c1-3-26-20(25)21(12-10-17-8-5-4-6-9-17)11-7-13-23(14-21)19(24)18-16(2)22-15-27-18/h4-6,8-9,15H,3,7,10-14H2,1-2H3/t21-/m0/s1. The SMILES string of the molecule is CCOC(=O)[C@]1(CCc2ccccc2)CCCN(C(=O)c2ocnc2C)C1. The molecule has 0 saturated carbocycles. The molecule has 1 atom stereocenters. The topological polar surface area (TPSA) is 72.6 Å². The number of ether oxygens (including phenoxy) is 1. The molecule has 2 aromatic rings. The van der Waals surface area contributed by atoms with E-state index in [0.717, 1.165) is 19.3 Å². The Kier molecular flexibility index (Phi) is 5.94. The zero-order chi connectivity index (χ0) is 19.3. The van der Waals surface area contributed by atoms with Gasteiger partial charge in [-0.1, -0.05) is 30.3 Å². The molecule has 0 bridgehead atoms. The molecule has 1 aromatic heterocycles. The number of esters is 1. The van der Waals surface area contributed by atoms with E-state index in [1.165, 1.54) is 12.0 Å². The second-order valence-corrected chi connectivity index (χ2v) is 7.08. The lowest BCUT2D eigenvalue weighted by Crippen LogP contribution is -2.50. The summed E-state index contributed by atoms with van der Waals surface area (Å²) in [5.74, 6) is -0.177. The van der Waals surface area contributed by atoms with Gasteiger partial charge in [0.25, 0.3) is 5.91 Å². The fourth-order valence-electron chi connectivity index (χ4n) is 3.74. The van der Waals surface area contributed by atoms with Crippen LogP contribution < -0.4 is 0 Å². The number of aromatic nitrogens is 1. The molecule has 0 aliphatic carbocycles. The number of carbonyl (C=O) groups is 2. The monoisotopic (exact) mass is 370 g/mol. The van der Waals surface area contributed by atoms with Crippen LogP contribution in [0.5, 0.6) is 0 Å². The summed E-state index contributed by atoms with van der Waals surface area (Å²) in [6.07, 6.45) is 4.17. The molecule has 27 heavy (non-hydrogen) atoms. The summed E-state index contributed by atoms with van der Waals surface area (Å²) in [7, 11) is 0. The largest absolute Gasteiger partial charge is 0.466 e. The minimum absolute atomic E-state index is 0.210. The lowest BCUT2D eigenvalue weighted by molar-refractivity contribution is -0.159. The van der Waals surface area contributed by atoms with Crippen molar-refractivity contribution in [2.45, 2.75) is 39.5 Å². The fourth-order valence-corrected chi connectivity index (χ4v) is 3.74. The molecule has 0 N–H and O–H groups in total. The van der Waals surface area contributed by atoms with Crippen LogP contribution in [0.2, 0.25) is 0 Å². The maximum absolute atomic E-state index is 12.9. The van der Waals surface area contributed by atoms with E-state index in [0.29, 0.717) is 31.8 Å². The summed E-state index contributed by atoms with van der Waals surface area (Å²) >= 11 is 0. The number of amides is 1. The van der Waals surface area contributed by atoms with E-state index in [1.807, 2.05) is 25.1 Å². The summed E-state index contributed by atoms with van der Waals surface area (Å²) < 4.78 is 10.7. The molecule has 3 rings (SSSR count). The Balaban J connectivity index is 1.80. The van der Waals surface area contributed by atoms with Gasteiger partial charge in [-0.15, -0.1) is 0 Å². The molecule has 1 fully saturated rings. The van der Waals surface area contributed by atoms with Crippen molar-refractivity contribution in [1.82, 2.24) is 9.88 Å². The zero-order valence-corrected chi connectivity index (χ0v) is 15.9. The van der Waals surface area contributed by atoms with Crippen LogP contribution in [0.25, 0.3) is 0 Å². The van der Waals surface area contributed by atoms with Gasteiger partial charge in [0.05, 0.1) is 17.7 Å². The van der Waals surface area contributed by atoms with Gasteiger partial charge < -0.3 is 14.1 Å². The molecule has 144 valence electrons. The van der Waals surface area contributed by atoms with Crippen LogP contribution in [0, 0.1) is 12.3 Å². The molecule has 6 heteroatoms. The number of aryl methyl sites for hydroxylation is 2. The molecule has 6 nitrogen and oxygen atoms in total. The van der Waals surface area contributed by atoms with E-state index < -0.39 is 5.41 Å². The molecule has 1 aliphatic heterocycles. The van der Waals surface area contributed by atoms with Crippen molar-refractivity contribution in [2.24, 2.45) is 5.41 Å². The molecule has 1 aliphatic rings. The predicted molar refractivity (Wildman–Crippen MR) is 100 cm³/mol. The highest BCUT2D eigenvalue weighted by Crippen LogP contribution is 2.37. The lowest BCUT2D eigenvalue weighted by Gasteiger charge is -2.40. The van der Waals surface area contributed by atoms with Crippen molar-refractivity contribution in [3.8, 4) is 0 Å². The van der Waals surface area contributed by atoms with Crippen LogP contribution in [-0.4, -0.2) is 41.5 Å². The highest BCUT2D eigenvalue weighted by molar-refractivity contribution is 5.93. The number of benzene rings is 1. The Hall–Kier alpha value is -2.63. The molecular weight excluding hydrogens is 344 g/mol. The first-order chi connectivity index (χ1) is 13.1. The minimum atomic E-state index is -0.687. The summed E-state index contributed by atoms with van der Waals surface area (Å²) in [5.41, 5.74) is 1.06. The fraction of sp³-hybridized carbons (Fsp3) is 0.476. The summed E-state index contributed by atoms with van der Waals surface area (Å²) in [6.45, 7) is 4.84. The third kappa shape index (κ3) is 4.21. The third-order valence-electron chi connectivity index (χ3n) is 5.25. The molecule has 0 unspecified atom stereocenters. The van der Waals surface area contributed by atoms with Crippen LogP contribution in [-0.2, 0) is 16.0 Å². The van der Waals surface area contributed by atoms with Crippen LogP contribution >= 0.6 is 0 Å². The number of oxazole rings is 1. The number of piperidine rings is 1. The van der Waals surface area contributed by atoms with Gasteiger partial charge in [0, 0.05) is 13.1 Å². The van der Waals surface area contributed by atoms with Gasteiger partial charge in [0.1, 0.15) is 0 Å². The zero-order valence-electron chi connectivity index (χ0n) is 15.9. The second kappa shape index (κ2) is 8.37. The first-order valence-corrected chi connectivity index (χ1v) is 9.46. The Morgan fingerprint density at radius 3 is 2.74 bits per heavy atom. The van der Waals surface area contributed by atoms with Crippen LogP contribution in [0.15, 0.2) is 41.1 Å². The van der Waals surface area contributed by atoms with Crippen LogP contribution in [0.4, 0.5) is 0 Å². The minimum Gasteiger partial charge on any atom is -0.466 e. The molecule has 1 saturated heterocycles. The highest BCUT2D eigenvalue weighted by atomic mass is 16.5. The Labute approximate surface area is 159 Å². The van der Waals surface area contributed by atoms with Crippen molar-refractivity contribution < 1.29 is 18.7 Å². The summed E-state index contributed by atoms with van der Waals surface area (Å²) in [4.78, 5) is 31.4. The molecule has 2 heterocycles. The Bertz CT molecular complexity index is 786. The molecular formula is C21H26N2O4. The molecule has 1 aromatic carbocycles. The number of nitrogens with zero attached hydrogens (tertiary/aromatic N) is 2. The van der Waals surface area contributed by atoms with E-state index in [-0.39, 0.29) is 17.6 Å². The normalized spacial score (nSPS) is 19.7. The van der Waals surface area contributed by atoms with Crippen LogP contribution in [0.3, 0.4) is 0 Å². The smallest absolute Gasteiger partial charge is 0.313 e. The van der Waals surface area contributed by atoms with Gasteiger partial charge in [-0.3, -0.25) is 9.59 Å². The van der Waals surface area contributed by atoms with E-state index >= 15 is 0 Å². The third-order valence-corrected chi connectivity index (χ3v) is 5.25. The van der Waals surface area contributed by atoms with Crippen molar-refractivity contribution in [2.75, 3.05) is 19.7 Å². The summed E-state index contributed by atoms with van der Waals surface area (Å²) in [5, 5.41) is 0. The number of likely N-dealkylation sites (tertiary alicyclic amines) is 1. The van der Waals surface area contributed by atoms with Gasteiger partial charge in [-0.25, -0.2) is 4.98 Å². The molecule has 1 amide bonds. The predicted octanol–water partition coefficient (Wildman–Crippen LogP) is 3.40. The maximum Gasteiger partial charge on any atom is 0.313 e. The highest BCUT2D eigenvalue weighted by Gasteiger charge is 2.45. The van der Waals surface area contributed by atoms with Crippen molar-refractivity contribution in [3.63, 3.8) is 0 Å². The van der Waals surface area contributed by atoms with E-state index in [2.05, 4.69) is 17.1 Å². The van der Waals surface area contributed by atoms with E-state index in [1.54, 1.807) is 11.8 Å². The lowest BCUT2D eigenvalue weighted by atomic mass is 9.75. The van der Waals surface area contributed by atoms with Gasteiger partial charge >= 0.3 is 5.97 Å². The number of carbonyl (C=O) groups excluding carboxylic acids is 2. The number of hydrogen-bond donors (Lipinski definition) is 0. The van der Waals surface area contributed by atoms with Gasteiger partial charge in [0.15, 0.2) is 6.39 Å². The Morgan fingerprint density at radius 2 is 2.07 bits per heavy atom. The van der Waals surface area contributed by atoms with Gasteiger partial charge in [-0.05, 0) is 45.1 Å². The van der Waals surface area contributed by atoms with Crippen molar-refractivity contribution >= 4 is 11.9 Å². The first kappa shape index (κ1) is 19.1. The quantitative estimate of drug-likeness (QED) is 0.729. The molecule has 0 radical (unpaired) electrons. The summed E-state index contributed by atoms with van der Waals surface area (Å²) in [6, 6.07) is 10.1. The van der Waals surface area contributed by atoms with Gasteiger partial charge in [-0.2, -0.15) is 0 Å².